The number of thioether (sulfide) groups is 1. The third-order valence-electron chi connectivity index (χ3n) is 5.26. The number of nitrogens with zero attached hydrogens (tertiary/aromatic N) is 3. The highest BCUT2D eigenvalue weighted by Gasteiger charge is 2.57. The highest BCUT2D eigenvalue weighted by molar-refractivity contribution is 8.02. The monoisotopic (exact) mass is 424 g/mol. The maximum Gasteiger partial charge on any atom is 0.262 e. The van der Waals surface area contributed by atoms with Gasteiger partial charge in [-0.3, -0.25) is 14.5 Å². The molecule has 0 saturated carbocycles. The van der Waals surface area contributed by atoms with Crippen LogP contribution >= 0.6 is 23.4 Å². The van der Waals surface area contributed by atoms with Gasteiger partial charge in [-0.15, -0.1) is 0 Å². The van der Waals surface area contributed by atoms with Crippen LogP contribution in [0.5, 0.6) is 0 Å². The Labute approximate surface area is 176 Å². The van der Waals surface area contributed by atoms with Gasteiger partial charge in [0.2, 0.25) is 5.91 Å². The van der Waals surface area contributed by atoms with E-state index in [0.29, 0.717) is 30.2 Å². The summed E-state index contributed by atoms with van der Waals surface area (Å²) in [4.78, 5) is 27.6. The molecular weight excluding hydrogens is 408 g/mol. The Hall–Kier alpha value is -2.77. The maximum absolute atomic E-state index is 13.4. The largest absolute Gasteiger partial charge is 0.308 e. The fraction of sp³-hybridized carbons (Fsp3) is 0.190. The smallest absolute Gasteiger partial charge is 0.262 e. The standard InChI is InChI=1S/C21H17ClN4O2S/c22-15-6-2-1-5-14(15)13-25-18(10-12-23-25)24-20(28)21-11-9-19(27)26(21)16-7-3-4-8-17(16)29-21/h1-8,10,12H,9,11,13H2,(H,24,28). The highest BCUT2D eigenvalue weighted by atomic mass is 35.5. The molecule has 1 atom stereocenters. The Kier molecular flexibility index (Phi) is 4.37. The second-order valence-electron chi connectivity index (χ2n) is 7.00. The van der Waals surface area contributed by atoms with Gasteiger partial charge >= 0.3 is 0 Å². The van der Waals surface area contributed by atoms with Gasteiger partial charge in [0, 0.05) is 22.4 Å². The topological polar surface area (TPSA) is 67.2 Å². The summed E-state index contributed by atoms with van der Waals surface area (Å²) in [5.74, 6) is 0.327. The van der Waals surface area contributed by atoms with Crippen LogP contribution in [0.2, 0.25) is 5.02 Å². The number of halogens is 1. The minimum atomic E-state index is -0.958. The van der Waals surface area contributed by atoms with Gasteiger partial charge in [-0.05, 0) is 30.2 Å². The number of hydrogen-bond acceptors (Lipinski definition) is 4. The average Bonchev–Trinajstić information content (AvgIpc) is 3.38. The van der Waals surface area contributed by atoms with E-state index in [4.69, 9.17) is 11.6 Å². The number of rotatable bonds is 4. The van der Waals surface area contributed by atoms with Gasteiger partial charge in [0.1, 0.15) is 5.82 Å². The molecule has 2 aromatic carbocycles. The fourth-order valence-electron chi connectivity index (χ4n) is 3.87. The zero-order chi connectivity index (χ0) is 20.0. The normalized spacial score (nSPS) is 19.9. The SMILES string of the molecule is O=C1CCC2(C(=O)Nc3ccnn3Cc3ccccc3Cl)Sc3ccccc3N12. The molecule has 1 saturated heterocycles. The minimum absolute atomic E-state index is 0.0258. The van der Waals surface area contributed by atoms with Crippen LogP contribution in [0.15, 0.2) is 65.7 Å². The number of anilines is 2. The lowest BCUT2D eigenvalue weighted by molar-refractivity contribution is -0.121. The lowest BCUT2D eigenvalue weighted by Crippen LogP contribution is -2.49. The van der Waals surface area contributed by atoms with Crippen molar-refractivity contribution in [3.8, 4) is 0 Å². The Balaban J connectivity index is 1.43. The molecule has 2 amide bonds. The van der Waals surface area contributed by atoms with E-state index in [-0.39, 0.29) is 11.8 Å². The molecule has 0 aliphatic carbocycles. The number of hydrogen-bond donors (Lipinski definition) is 1. The third-order valence-corrected chi connectivity index (χ3v) is 7.11. The van der Waals surface area contributed by atoms with E-state index in [9.17, 15) is 9.59 Å². The zero-order valence-electron chi connectivity index (χ0n) is 15.3. The third kappa shape index (κ3) is 2.92. The molecule has 1 aromatic heterocycles. The summed E-state index contributed by atoms with van der Waals surface area (Å²) in [5, 5.41) is 7.97. The molecule has 2 aliphatic heterocycles. The van der Waals surface area contributed by atoms with Crippen molar-refractivity contribution in [2.45, 2.75) is 29.2 Å². The summed E-state index contributed by atoms with van der Waals surface area (Å²) < 4.78 is 1.70. The molecule has 5 rings (SSSR count). The van der Waals surface area contributed by atoms with E-state index < -0.39 is 4.87 Å². The predicted molar refractivity (Wildman–Crippen MR) is 113 cm³/mol. The first-order valence-electron chi connectivity index (χ1n) is 9.26. The van der Waals surface area contributed by atoms with E-state index in [1.165, 1.54) is 11.8 Å². The summed E-state index contributed by atoms with van der Waals surface area (Å²) >= 11 is 7.71. The van der Waals surface area contributed by atoms with Crippen LogP contribution in [0, 0.1) is 0 Å². The number of para-hydroxylation sites is 1. The molecule has 0 spiro atoms. The maximum atomic E-state index is 13.4. The first-order valence-corrected chi connectivity index (χ1v) is 10.5. The Morgan fingerprint density at radius 3 is 2.83 bits per heavy atom. The van der Waals surface area contributed by atoms with Crippen molar-refractivity contribution in [1.82, 2.24) is 9.78 Å². The minimum Gasteiger partial charge on any atom is -0.308 e. The number of nitrogens with one attached hydrogen (secondary N) is 1. The second kappa shape index (κ2) is 6.93. The van der Waals surface area contributed by atoms with Crippen molar-refractivity contribution < 1.29 is 9.59 Å². The fourth-order valence-corrected chi connectivity index (χ4v) is 5.47. The summed E-state index contributed by atoms with van der Waals surface area (Å²) in [7, 11) is 0. The van der Waals surface area contributed by atoms with Crippen molar-refractivity contribution in [2.75, 3.05) is 10.2 Å². The van der Waals surface area contributed by atoms with Gasteiger partial charge in [-0.25, -0.2) is 4.68 Å². The van der Waals surface area contributed by atoms with Crippen LogP contribution in [-0.4, -0.2) is 26.5 Å². The van der Waals surface area contributed by atoms with Crippen molar-refractivity contribution in [1.29, 1.82) is 0 Å². The molecule has 3 aromatic rings. The van der Waals surface area contributed by atoms with E-state index >= 15 is 0 Å². The van der Waals surface area contributed by atoms with E-state index in [1.54, 1.807) is 21.8 Å². The number of amides is 2. The van der Waals surface area contributed by atoms with Gasteiger partial charge in [-0.1, -0.05) is 53.7 Å². The highest BCUT2D eigenvalue weighted by Crippen LogP contribution is 2.56. The van der Waals surface area contributed by atoms with Crippen molar-refractivity contribution in [3.05, 3.63) is 71.4 Å². The lowest BCUT2D eigenvalue weighted by atomic mass is 10.2. The number of fused-ring (bicyclic) bond motifs is 3. The van der Waals surface area contributed by atoms with Gasteiger partial charge < -0.3 is 5.32 Å². The quantitative estimate of drug-likeness (QED) is 0.683. The molecule has 1 N–H and O–H groups in total. The van der Waals surface area contributed by atoms with Gasteiger partial charge in [-0.2, -0.15) is 5.10 Å². The van der Waals surface area contributed by atoms with Gasteiger partial charge in [0.15, 0.2) is 4.87 Å². The summed E-state index contributed by atoms with van der Waals surface area (Å²) in [6.45, 7) is 0.436. The average molecular weight is 425 g/mol. The Morgan fingerprint density at radius 1 is 1.17 bits per heavy atom. The summed E-state index contributed by atoms with van der Waals surface area (Å²) in [6, 6.07) is 16.9. The summed E-state index contributed by atoms with van der Waals surface area (Å²) in [5.41, 5.74) is 1.71. The molecule has 8 heteroatoms. The van der Waals surface area contributed by atoms with Crippen LogP contribution in [-0.2, 0) is 16.1 Å². The van der Waals surface area contributed by atoms with Crippen LogP contribution in [0.3, 0.4) is 0 Å². The van der Waals surface area contributed by atoms with E-state index in [0.717, 1.165) is 16.1 Å². The summed E-state index contributed by atoms with van der Waals surface area (Å²) in [6.07, 6.45) is 2.46. The molecule has 1 fully saturated rings. The molecule has 146 valence electrons. The first kappa shape index (κ1) is 18.3. The molecule has 29 heavy (non-hydrogen) atoms. The number of aromatic nitrogens is 2. The van der Waals surface area contributed by atoms with E-state index in [1.807, 2.05) is 48.5 Å². The van der Waals surface area contributed by atoms with Crippen LogP contribution in [0.1, 0.15) is 18.4 Å². The Morgan fingerprint density at radius 2 is 1.97 bits per heavy atom. The number of carbonyl (C=O) groups excluding carboxylic acids is 2. The Bertz CT molecular complexity index is 1130. The van der Waals surface area contributed by atoms with Crippen LogP contribution in [0.25, 0.3) is 0 Å². The zero-order valence-corrected chi connectivity index (χ0v) is 16.9. The number of carbonyl (C=O) groups is 2. The molecule has 0 radical (unpaired) electrons. The molecular formula is C21H17ClN4O2S. The van der Waals surface area contributed by atoms with Gasteiger partial charge in [0.25, 0.3) is 5.91 Å². The molecule has 2 aliphatic rings. The molecule has 6 nitrogen and oxygen atoms in total. The van der Waals surface area contributed by atoms with Crippen LogP contribution in [0.4, 0.5) is 11.5 Å². The van der Waals surface area contributed by atoms with Gasteiger partial charge in [0.05, 0.1) is 18.4 Å². The lowest BCUT2D eigenvalue weighted by Gasteiger charge is -2.29. The second-order valence-corrected chi connectivity index (χ2v) is 8.73. The first-order chi connectivity index (χ1) is 14.1. The van der Waals surface area contributed by atoms with Crippen molar-refractivity contribution >= 4 is 46.7 Å². The van der Waals surface area contributed by atoms with Crippen molar-refractivity contribution in [3.63, 3.8) is 0 Å². The molecule has 0 bridgehead atoms. The molecule has 3 heterocycles. The molecule has 1 unspecified atom stereocenters. The van der Waals surface area contributed by atoms with Crippen LogP contribution < -0.4 is 10.2 Å². The van der Waals surface area contributed by atoms with Crippen molar-refractivity contribution in [2.24, 2.45) is 0 Å². The predicted octanol–water partition coefficient (Wildman–Crippen LogP) is 4.15. The number of benzene rings is 2. The van der Waals surface area contributed by atoms with E-state index in [2.05, 4.69) is 10.4 Å².